The van der Waals surface area contributed by atoms with Gasteiger partial charge in [-0.2, -0.15) is 0 Å². The zero-order valence-corrected chi connectivity index (χ0v) is 7.39. The maximum atomic E-state index is 2.61. The van der Waals surface area contributed by atoms with Gasteiger partial charge in [-0.15, -0.1) is 0 Å². The smallest absolute Gasteiger partial charge is 0.0887 e. The normalized spacial score (nSPS) is 34.4. The van der Waals surface area contributed by atoms with Gasteiger partial charge < -0.3 is 5.32 Å². The predicted octanol–water partition coefficient (Wildman–Crippen LogP) is 1.29. The summed E-state index contributed by atoms with van der Waals surface area (Å²) in [5.41, 5.74) is 0. The van der Waals surface area contributed by atoms with Crippen molar-refractivity contribution >= 4 is 0 Å². The molecule has 0 radical (unpaired) electrons. The third kappa shape index (κ3) is 1.76. The van der Waals surface area contributed by atoms with Crippen LogP contribution in [0, 0.1) is 5.92 Å². The van der Waals surface area contributed by atoms with Crippen molar-refractivity contribution in [3.05, 3.63) is 0 Å². The Morgan fingerprint density at radius 1 is 0.818 bits per heavy atom. The molecule has 1 atom stereocenters. The van der Waals surface area contributed by atoms with E-state index in [2.05, 4.69) is 5.32 Å². The molecule has 1 aliphatic carbocycles. The first-order valence-corrected chi connectivity index (χ1v) is 5.30. The summed E-state index contributed by atoms with van der Waals surface area (Å²) in [6, 6.07) is 1.02. The summed E-state index contributed by atoms with van der Waals surface area (Å²) in [7, 11) is 0. The minimum atomic E-state index is 1.02. The van der Waals surface area contributed by atoms with Gasteiger partial charge in [0.15, 0.2) is 0 Å². The molecule has 0 aromatic rings. The SMILES string of the molecule is C1CC[C@@H](C2CCCC2)[NH2+]C1. The van der Waals surface area contributed by atoms with E-state index in [1.807, 2.05) is 0 Å². The van der Waals surface area contributed by atoms with Crippen LogP contribution in [0.2, 0.25) is 0 Å². The number of piperidine rings is 1. The van der Waals surface area contributed by atoms with Crippen molar-refractivity contribution in [2.45, 2.75) is 51.0 Å². The Balaban J connectivity index is 1.82. The molecule has 0 unspecified atom stereocenters. The van der Waals surface area contributed by atoms with Crippen molar-refractivity contribution in [2.75, 3.05) is 6.54 Å². The van der Waals surface area contributed by atoms with Gasteiger partial charge in [-0.25, -0.2) is 0 Å². The third-order valence-electron chi connectivity index (χ3n) is 3.47. The zero-order valence-electron chi connectivity index (χ0n) is 7.39. The Morgan fingerprint density at radius 3 is 2.18 bits per heavy atom. The van der Waals surface area contributed by atoms with Crippen LogP contribution >= 0.6 is 0 Å². The highest BCUT2D eigenvalue weighted by atomic mass is 14.9. The summed E-state index contributed by atoms with van der Waals surface area (Å²) in [4.78, 5) is 0. The molecule has 1 nitrogen and oxygen atoms in total. The summed E-state index contributed by atoms with van der Waals surface area (Å²) >= 11 is 0. The molecule has 1 saturated heterocycles. The fourth-order valence-electron chi connectivity index (χ4n) is 2.79. The van der Waals surface area contributed by atoms with E-state index in [-0.39, 0.29) is 0 Å². The molecular weight excluding hydrogens is 134 g/mol. The van der Waals surface area contributed by atoms with Crippen LogP contribution in [0.4, 0.5) is 0 Å². The quantitative estimate of drug-likeness (QED) is 0.586. The molecule has 1 heterocycles. The predicted molar refractivity (Wildman–Crippen MR) is 46.4 cm³/mol. The number of nitrogens with two attached hydrogens (primary N) is 1. The highest BCUT2D eigenvalue weighted by Gasteiger charge is 2.28. The highest BCUT2D eigenvalue weighted by Crippen LogP contribution is 2.28. The Kier molecular flexibility index (Phi) is 2.47. The molecule has 1 saturated carbocycles. The average Bonchev–Trinajstić information content (AvgIpc) is 2.58. The van der Waals surface area contributed by atoms with E-state index in [0.29, 0.717) is 0 Å². The second kappa shape index (κ2) is 3.57. The van der Waals surface area contributed by atoms with Gasteiger partial charge in [-0.05, 0) is 32.1 Å². The van der Waals surface area contributed by atoms with E-state index in [1.54, 1.807) is 0 Å². The van der Waals surface area contributed by atoms with Gasteiger partial charge in [0.25, 0.3) is 0 Å². The minimum Gasteiger partial charge on any atom is -0.344 e. The Hall–Kier alpha value is -0.0400. The summed E-state index contributed by atoms with van der Waals surface area (Å²) in [6.45, 7) is 1.40. The second-order valence-corrected chi connectivity index (χ2v) is 4.23. The van der Waals surface area contributed by atoms with Gasteiger partial charge in [0.05, 0.1) is 12.6 Å². The molecule has 11 heavy (non-hydrogen) atoms. The zero-order chi connectivity index (χ0) is 7.52. The van der Waals surface area contributed by atoms with Crippen LogP contribution in [-0.2, 0) is 0 Å². The fourth-order valence-corrected chi connectivity index (χ4v) is 2.79. The Bertz CT molecular complexity index is 110. The van der Waals surface area contributed by atoms with Crippen LogP contribution < -0.4 is 5.32 Å². The van der Waals surface area contributed by atoms with Crippen molar-refractivity contribution in [3.8, 4) is 0 Å². The summed E-state index contributed by atoms with van der Waals surface area (Å²) in [6.07, 6.45) is 10.5. The number of hydrogen-bond acceptors (Lipinski definition) is 0. The lowest BCUT2D eigenvalue weighted by Gasteiger charge is -2.25. The van der Waals surface area contributed by atoms with E-state index < -0.39 is 0 Å². The van der Waals surface area contributed by atoms with E-state index in [4.69, 9.17) is 0 Å². The summed E-state index contributed by atoms with van der Waals surface area (Å²) in [5.74, 6) is 1.09. The number of rotatable bonds is 1. The van der Waals surface area contributed by atoms with Crippen LogP contribution in [0.5, 0.6) is 0 Å². The average molecular weight is 154 g/mol. The van der Waals surface area contributed by atoms with Crippen LogP contribution in [-0.4, -0.2) is 12.6 Å². The topological polar surface area (TPSA) is 16.6 Å². The monoisotopic (exact) mass is 154 g/mol. The van der Waals surface area contributed by atoms with Crippen molar-refractivity contribution in [3.63, 3.8) is 0 Å². The maximum Gasteiger partial charge on any atom is 0.0887 e. The third-order valence-corrected chi connectivity index (χ3v) is 3.47. The molecule has 2 N–H and O–H groups in total. The molecule has 0 spiro atoms. The first kappa shape index (κ1) is 7.60. The first-order chi connectivity index (χ1) is 5.47. The van der Waals surface area contributed by atoms with Gasteiger partial charge in [-0.1, -0.05) is 12.8 Å². The van der Waals surface area contributed by atoms with Gasteiger partial charge >= 0.3 is 0 Å². The van der Waals surface area contributed by atoms with E-state index in [0.717, 1.165) is 12.0 Å². The molecule has 2 aliphatic rings. The lowest BCUT2D eigenvalue weighted by atomic mass is 9.91. The lowest BCUT2D eigenvalue weighted by Crippen LogP contribution is -2.92. The minimum absolute atomic E-state index is 1.02. The lowest BCUT2D eigenvalue weighted by molar-refractivity contribution is -0.704. The fraction of sp³-hybridized carbons (Fsp3) is 1.00. The van der Waals surface area contributed by atoms with Gasteiger partial charge in [-0.3, -0.25) is 0 Å². The van der Waals surface area contributed by atoms with Gasteiger partial charge in [0.2, 0.25) is 0 Å². The van der Waals surface area contributed by atoms with Gasteiger partial charge in [0, 0.05) is 5.92 Å². The molecule has 0 bridgehead atoms. The van der Waals surface area contributed by atoms with Crippen molar-refractivity contribution in [1.82, 2.24) is 0 Å². The van der Waals surface area contributed by atoms with Gasteiger partial charge in [0.1, 0.15) is 0 Å². The number of quaternary nitrogens is 1. The second-order valence-electron chi connectivity index (χ2n) is 4.23. The largest absolute Gasteiger partial charge is 0.344 e. The van der Waals surface area contributed by atoms with Crippen LogP contribution in [0.1, 0.15) is 44.9 Å². The van der Waals surface area contributed by atoms with Crippen molar-refractivity contribution < 1.29 is 5.32 Å². The molecule has 1 heteroatoms. The standard InChI is InChI=1S/C10H19N/c1-2-6-9(5-1)10-7-3-4-8-11-10/h9-11H,1-8H2/p+1/t10-/m0/s1. The Labute approximate surface area is 69.6 Å². The Morgan fingerprint density at radius 2 is 1.55 bits per heavy atom. The van der Waals surface area contributed by atoms with Crippen molar-refractivity contribution in [1.29, 1.82) is 0 Å². The molecule has 0 amide bonds. The molecule has 0 aromatic carbocycles. The summed E-state index contributed by atoms with van der Waals surface area (Å²) < 4.78 is 0. The molecule has 1 aliphatic heterocycles. The molecule has 2 rings (SSSR count). The molecule has 2 fully saturated rings. The van der Waals surface area contributed by atoms with Crippen LogP contribution in [0.15, 0.2) is 0 Å². The van der Waals surface area contributed by atoms with E-state index in [1.165, 1.54) is 51.5 Å². The highest BCUT2D eigenvalue weighted by molar-refractivity contribution is 4.75. The molecule has 0 aromatic heterocycles. The van der Waals surface area contributed by atoms with Crippen LogP contribution in [0.3, 0.4) is 0 Å². The maximum absolute atomic E-state index is 2.61. The first-order valence-electron chi connectivity index (χ1n) is 5.30. The van der Waals surface area contributed by atoms with Crippen molar-refractivity contribution in [2.24, 2.45) is 5.92 Å². The molecular formula is C10H20N+. The van der Waals surface area contributed by atoms with E-state index >= 15 is 0 Å². The van der Waals surface area contributed by atoms with Crippen LogP contribution in [0.25, 0.3) is 0 Å². The molecule has 64 valence electrons. The summed E-state index contributed by atoms with van der Waals surface area (Å²) in [5, 5.41) is 2.61. The number of hydrogen-bond donors (Lipinski definition) is 1. The van der Waals surface area contributed by atoms with E-state index in [9.17, 15) is 0 Å².